The maximum atomic E-state index is 4.45. The second kappa shape index (κ2) is 4.22. The van der Waals surface area contributed by atoms with Crippen LogP contribution in [0.25, 0.3) is 0 Å². The molecule has 0 saturated heterocycles. The minimum Gasteiger partial charge on any atom is -0.319 e. The lowest BCUT2D eigenvalue weighted by Gasteiger charge is -2.29. The molecular formula is C13H11N3S. The van der Waals surface area contributed by atoms with Gasteiger partial charge in [0.05, 0.1) is 16.8 Å². The maximum Gasteiger partial charge on any atom is 0.147 e. The second-order valence-corrected chi connectivity index (χ2v) is 4.75. The molecule has 3 rings (SSSR count). The van der Waals surface area contributed by atoms with Gasteiger partial charge in [-0.25, -0.2) is 4.98 Å². The summed E-state index contributed by atoms with van der Waals surface area (Å²) in [6.45, 7) is 4.54. The summed E-state index contributed by atoms with van der Waals surface area (Å²) in [6.07, 6.45) is 7.39. The predicted molar refractivity (Wildman–Crippen MR) is 69.8 cm³/mol. The summed E-state index contributed by atoms with van der Waals surface area (Å²) in [4.78, 5) is 13.2. The van der Waals surface area contributed by atoms with Crippen LogP contribution in [-0.2, 0) is 0 Å². The van der Waals surface area contributed by atoms with Gasteiger partial charge < -0.3 is 4.90 Å². The Balaban J connectivity index is 2.16. The molecule has 84 valence electrons. The van der Waals surface area contributed by atoms with E-state index < -0.39 is 0 Å². The van der Waals surface area contributed by atoms with E-state index in [1.807, 2.05) is 36.8 Å². The minimum atomic E-state index is 0.739. The van der Waals surface area contributed by atoms with Gasteiger partial charge in [-0.15, -0.1) is 6.58 Å². The van der Waals surface area contributed by atoms with Gasteiger partial charge in [-0.1, -0.05) is 17.8 Å². The highest BCUT2D eigenvalue weighted by Gasteiger charge is 2.23. The van der Waals surface area contributed by atoms with Crippen molar-refractivity contribution in [1.29, 1.82) is 0 Å². The number of aromatic nitrogens is 2. The molecule has 3 heterocycles. The van der Waals surface area contributed by atoms with Gasteiger partial charge in [0.25, 0.3) is 0 Å². The van der Waals surface area contributed by atoms with Crippen LogP contribution < -0.4 is 4.90 Å². The Bertz CT molecular complexity index is 523. The van der Waals surface area contributed by atoms with Crippen molar-refractivity contribution in [3.63, 3.8) is 0 Å². The summed E-state index contributed by atoms with van der Waals surface area (Å²) >= 11 is 1.73. The van der Waals surface area contributed by atoms with Crippen LogP contribution in [-0.4, -0.2) is 16.5 Å². The summed E-state index contributed by atoms with van der Waals surface area (Å²) in [5, 5.41) is 0. The first-order chi connectivity index (χ1) is 8.40. The molecule has 17 heavy (non-hydrogen) atoms. The Morgan fingerprint density at radius 2 is 2.24 bits per heavy atom. The van der Waals surface area contributed by atoms with Gasteiger partial charge >= 0.3 is 0 Å². The van der Waals surface area contributed by atoms with Crippen molar-refractivity contribution < 1.29 is 0 Å². The summed E-state index contributed by atoms with van der Waals surface area (Å²) in [5.74, 6) is 0.984. The molecule has 4 heteroatoms. The molecule has 0 fully saturated rings. The average Bonchev–Trinajstić information content (AvgIpc) is 2.39. The third-order valence-corrected chi connectivity index (χ3v) is 3.69. The van der Waals surface area contributed by atoms with E-state index in [2.05, 4.69) is 27.5 Å². The maximum absolute atomic E-state index is 4.45. The van der Waals surface area contributed by atoms with Crippen LogP contribution >= 0.6 is 11.8 Å². The smallest absolute Gasteiger partial charge is 0.147 e. The summed E-state index contributed by atoms with van der Waals surface area (Å²) in [7, 11) is 0. The number of nitrogens with zero attached hydrogens (tertiary/aromatic N) is 3. The number of fused-ring (bicyclic) bond motifs is 2. The second-order valence-electron chi connectivity index (χ2n) is 3.67. The molecule has 0 radical (unpaired) electrons. The van der Waals surface area contributed by atoms with Crippen LogP contribution in [0.1, 0.15) is 0 Å². The summed E-state index contributed by atoms with van der Waals surface area (Å²) in [5.41, 5.74) is 1.10. The fourth-order valence-corrected chi connectivity index (χ4v) is 2.91. The van der Waals surface area contributed by atoms with Crippen molar-refractivity contribution in [3.05, 3.63) is 49.4 Å². The highest BCUT2D eigenvalue weighted by atomic mass is 32.2. The van der Waals surface area contributed by atoms with E-state index in [0.717, 1.165) is 18.1 Å². The molecule has 0 aromatic carbocycles. The van der Waals surface area contributed by atoms with Crippen molar-refractivity contribution in [3.8, 4) is 0 Å². The van der Waals surface area contributed by atoms with Gasteiger partial charge in [0.15, 0.2) is 0 Å². The predicted octanol–water partition coefficient (Wildman–Crippen LogP) is 3.27. The van der Waals surface area contributed by atoms with Gasteiger partial charge in [-0.2, -0.15) is 0 Å². The lowest BCUT2D eigenvalue weighted by atomic mass is 10.3. The van der Waals surface area contributed by atoms with Gasteiger partial charge in [-0.3, -0.25) is 4.98 Å². The van der Waals surface area contributed by atoms with Crippen molar-refractivity contribution in [2.24, 2.45) is 0 Å². The van der Waals surface area contributed by atoms with E-state index in [1.54, 1.807) is 11.8 Å². The Morgan fingerprint density at radius 3 is 3.12 bits per heavy atom. The van der Waals surface area contributed by atoms with E-state index in [4.69, 9.17) is 0 Å². The normalized spacial score (nSPS) is 12.8. The van der Waals surface area contributed by atoms with E-state index >= 15 is 0 Å². The fraction of sp³-hybridized carbons (Fsp3) is 0.0769. The topological polar surface area (TPSA) is 29.0 Å². The van der Waals surface area contributed by atoms with Gasteiger partial charge in [0, 0.05) is 23.8 Å². The molecule has 0 bridgehead atoms. The first kappa shape index (κ1) is 10.4. The minimum absolute atomic E-state index is 0.739. The van der Waals surface area contributed by atoms with Gasteiger partial charge in [-0.05, 0) is 18.2 Å². The summed E-state index contributed by atoms with van der Waals surface area (Å²) < 4.78 is 0. The van der Waals surface area contributed by atoms with Crippen LogP contribution in [0.5, 0.6) is 0 Å². The molecule has 3 nitrogen and oxygen atoms in total. The lowest BCUT2D eigenvalue weighted by Crippen LogP contribution is -2.21. The molecule has 0 amide bonds. The van der Waals surface area contributed by atoms with Crippen molar-refractivity contribution in [2.45, 2.75) is 9.79 Å². The average molecular weight is 241 g/mol. The van der Waals surface area contributed by atoms with E-state index in [1.165, 1.54) is 9.79 Å². The van der Waals surface area contributed by atoms with Crippen LogP contribution in [0, 0.1) is 0 Å². The number of anilines is 2. The first-order valence-corrected chi connectivity index (χ1v) is 6.17. The first-order valence-electron chi connectivity index (χ1n) is 5.35. The van der Waals surface area contributed by atoms with E-state index in [9.17, 15) is 0 Å². The van der Waals surface area contributed by atoms with Crippen LogP contribution in [0.2, 0.25) is 0 Å². The highest BCUT2D eigenvalue weighted by Crippen LogP contribution is 2.46. The Labute approximate surface area is 104 Å². The third-order valence-electron chi connectivity index (χ3n) is 2.59. The molecule has 0 unspecified atom stereocenters. The van der Waals surface area contributed by atoms with Crippen LogP contribution in [0.15, 0.2) is 59.2 Å². The number of hydrogen-bond acceptors (Lipinski definition) is 4. The van der Waals surface area contributed by atoms with Crippen LogP contribution in [0.4, 0.5) is 11.5 Å². The quantitative estimate of drug-likeness (QED) is 0.755. The molecule has 1 aliphatic heterocycles. The largest absolute Gasteiger partial charge is 0.319 e. The molecule has 0 atom stereocenters. The number of pyridine rings is 2. The Hall–Kier alpha value is -1.81. The number of hydrogen-bond donors (Lipinski definition) is 0. The Kier molecular flexibility index (Phi) is 2.57. The van der Waals surface area contributed by atoms with E-state index in [0.29, 0.717) is 0 Å². The fourth-order valence-electron chi connectivity index (χ4n) is 1.87. The molecule has 0 saturated carbocycles. The SMILES string of the molecule is C=CCN1c2cnccc2Sc2cccnc21. The van der Waals surface area contributed by atoms with Gasteiger partial charge in [0.2, 0.25) is 0 Å². The third kappa shape index (κ3) is 1.70. The Morgan fingerprint density at radius 1 is 1.29 bits per heavy atom. The standard InChI is InChI=1S/C13H11N3S/c1-2-8-16-10-9-14-7-5-11(10)17-12-4-3-6-15-13(12)16/h2-7,9H,1,8H2. The number of rotatable bonds is 2. The molecule has 0 N–H and O–H groups in total. The van der Waals surface area contributed by atoms with Gasteiger partial charge in [0.1, 0.15) is 5.82 Å². The zero-order valence-corrected chi connectivity index (χ0v) is 10.0. The highest BCUT2D eigenvalue weighted by molar-refractivity contribution is 7.99. The molecule has 2 aromatic heterocycles. The van der Waals surface area contributed by atoms with E-state index in [-0.39, 0.29) is 0 Å². The zero-order valence-electron chi connectivity index (χ0n) is 9.21. The molecule has 0 spiro atoms. The van der Waals surface area contributed by atoms with Crippen molar-refractivity contribution in [1.82, 2.24) is 9.97 Å². The monoisotopic (exact) mass is 241 g/mol. The lowest BCUT2D eigenvalue weighted by molar-refractivity contribution is 0.976. The van der Waals surface area contributed by atoms with Crippen molar-refractivity contribution in [2.75, 3.05) is 11.4 Å². The van der Waals surface area contributed by atoms with Crippen molar-refractivity contribution >= 4 is 23.3 Å². The molecule has 0 aliphatic carbocycles. The summed E-state index contributed by atoms with van der Waals surface area (Å²) in [6, 6.07) is 6.09. The molecular weight excluding hydrogens is 230 g/mol. The van der Waals surface area contributed by atoms with Crippen LogP contribution in [0.3, 0.4) is 0 Å². The molecule has 1 aliphatic rings. The molecule has 2 aromatic rings. The zero-order chi connectivity index (χ0) is 11.7.